The van der Waals surface area contributed by atoms with Gasteiger partial charge in [0, 0.05) is 131 Å². The largest absolute Gasteiger partial charge is 0.463 e. The summed E-state index contributed by atoms with van der Waals surface area (Å²) in [7, 11) is 0. The summed E-state index contributed by atoms with van der Waals surface area (Å²) in [6, 6.07) is -3.24. The summed E-state index contributed by atoms with van der Waals surface area (Å²) < 4.78 is 88.9. The van der Waals surface area contributed by atoms with Crippen molar-refractivity contribution in [1.29, 1.82) is 0 Å². The number of terminal acetylenes is 1. The van der Waals surface area contributed by atoms with E-state index >= 15 is 0 Å². The van der Waals surface area contributed by atoms with E-state index < -0.39 is 145 Å². The van der Waals surface area contributed by atoms with E-state index in [1.165, 1.54) is 20.8 Å². The summed E-state index contributed by atoms with van der Waals surface area (Å²) in [6.45, 7) is 4.68. The zero-order chi connectivity index (χ0) is 87.6. The lowest BCUT2D eigenvalue weighted by molar-refractivity contribution is -0.267. The number of hydrogen-bond acceptors (Lipinski definition) is 36. The fourth-order valence-corrected chi connectivity index (χ4v) is 11.3. The number of esters is 3. The van der Waals surface area contributed by atoms with E-state index in [1.54, 1.807) is 0 Å². The van der Waals surface area contributed by atoms with Gasteiger partial charge in [-0.3, -0.25) is 52.7 Å². The van der Waals surface area contributed by atoms with E-state index in [-0.39, 0.29) is 241 Å². The predicted octanol–water partition coefficient (Wildman–Crippen LogP) is -7.29. The highest BCUT2D eigenvalue weighted by Crippen LogP contribution is 2.25. The van der Waals surface area contributed by atoms with Gasteiger partial charge in [-0.25, -0.2) is 0 Å². The molecule has 3 fully saturated rings. The number of carbonyl (C=O) groups is 11. The maximum atomic E-state index is 13.9. The summed E-state index contributed by atoms with van der Waals surface area (Å²) >= 11 is 0. The molecule has 0 aromatic carbocycles. The Balaban J connectivity index is 1.56. The van der Waals surface area contributed by atoms with Gasteiger partial charge in [-0.1, -0.05) is 0 Å². The predicted molar refractivity (Wildman–Crippen MR) is 414 cm³/mol. The van der Waals surface area contributed by atoms with Crippen molar-refractivity contribution in [2.75, 3.05) is 178 Å². The Morgan fingerprint density at radius 3 is 0.891 bits per heavy atom. The Labute approximate surface area is 693 Å². The monoisotopic (exact) mass is 1710 g/mol. The first-order chi connectivity index (χ1) is 57.1. The SMILES string of the molecule is C#CC(=O)NCCOCCOCCOCCOCCC(=O)NC(COCCC(=O)NCCCNC(=O)CCCCOC1OC(COC(C)=O)C(O)C(O)C1N)(COCCC(=O)NCCCNC(=O)CCCCOC1OC(COC(C)=O)C(O)C(O)C1N)COCCC(=O)NCCCNC(=O)CCCCOC1OC(COC(C)=O)C(O)C(O)C1N. The van der Waals surface area contributed by atoms with E-state index in [4.69, 9.17) is 99.4 Å². The smallest absolute Gasteiger partial charge is 0.302 e. The number of nitrogens with two attached hydrogens (primary N) is 3. The van der Waals surface area contributed by atoms with Crippen molar-refractivity contribution in [2.45, 2.75) is 221 Å². The molecule has 3 heterocycles. The first kappa shape index (κ1) is 106. The molecule has 0 aliphatic carbocycles. The fourth-order valence-electron chi connectivity index (χ4n) is 11.3. The molecule has 15 atom stereocenters. The van der Waals surface area contributed by atoms with Crippen molar-refractivity contribution in [3.05, 3.63) is 0 Å². The topological polar surface area (TPSA) is 631 Å². The average Bonchev–Trinajstić information content (AvgIpc) is 0.829. The molecule has 15 unspecified atom stereocenters. The van der Waals surface area contributed by atoms with Gasteiger partial charge < -0.3 is 166 Å². The van der Waals surface area contributed by atoms with Gasteiger partial charge in [0.2, 0.25) is 41.4 Å². The van der Waals surface area contributed by atoms with Crippen LogP contribution in [0.3, 0.4) is 0 Å². The molecule has 0 saturated carbocycles. The van der Waals surface area contributed by atoms with Crippen LogP contribution in [0, 0.1) is 12.3 Å². The molecule has 684 valence electrons. The molecule has 44 heteroatoms. The quantitative estimate of drug-likeness (QED) is 0.0116. The molecule has 0 aromatic heterocycles. The van der Waals surface area contributed by atoms with Crippen LogP contribution in [0.25, 0.3) is 0 Å². The third-order valence-corrected chi connectivity index (χ3v) is 18.0. The number of hydrogen-bond donors (Lipinski definition) is 17. The van der Waals surface area contributed by atoms with Gasteiger partial charge in [0.1, 0.15) is 80.3 Å². The summed E-state index contributed by atoms with van der Waals surface area (Å²) in [6.07, 6.45) is -6.36. The minimum Gasteiger partial charge on any atom is -0.463 e. The lowest BCUT2D eigenvalue weighted by atomic mass is 9.98. The van der Waals surface area contributed by atoms with Crippen LogP contribution in [-0.4, -0.2) is 371 Å². The third-order valence-electron chi connectivity index (χ3n) is 18.0. The van der Waals surface area contributed by atoms with Gasteiger partial charge in [-0.15, -0.1) is 6.42 Å². The van der Waals surface area contributed by atoms with Crippen LogP contribution in [-0.2, 0) is 129 Å². The van der Waals surface area contributed by atoms with E-state index in [0.29, 0.717) is 57.8 Å². The van der Waals surface area contributed by atoms with Crippen LogP contribution < -0.4 is 59.7 Å². The van der Waals surface area contributed by atoms with E-state index in [1.807, 2.05) is 5.92 Å². The second kappa shape index (κ2) is 63.8. The number of nitrogens with one attached hydrogen (secondary N) is 8. The second-order valence-electron chi connectivity index (χ2n) is 28.2. The van der Waals surface area contributed by atoms with Gasteiger partial charge in [0.15, 0.2) is 18.9 Å². The Bertz CT molecular complexity index is 2720. The molecule has 3 aliphatic heterocycles. The molecule has 0 bridgehead atoms. The van der Waals surface area contributed by atoms with Crippen molar-refractivity contribution in [3.63, 3.8) is 0 Å². The Morgan fingerprint density at radius 1 is 0.328 bits per heavy atom. The van der Waals surface area contributed by atoms with E-state index in [2.05, 4.69) is 42.5 Å². The maximum absolute atomic E-state index is 13.9. The molecule has 44 nitrogen and oxygen atoms in total. The number of amides is 8. The van der Waals surface area contributed by atoms with Crippen molar-refractivity contribution >= 4 is 65.2 Å². The Kier molecular flexibility index (Phi) is 56.8. The second-order valence-corrected chi connectivity index (χ2v) is 28.2. The maximum Gasteiger partial charge on any atom is 0.302 e. The molecule has 20 N–H and O–H groups in total. The molecule has 0 aromatic rings. The number of carbonyl (C=O) groups excluding carboxylic acids is 11. The Hall–Kier alpha value is -7.15. The number of ether oxygens (including phenoxy) is 16. The van der Waals surface area contributed by atoms with Crippen LogP contribution >= 0.6 is 0 Å². The normalized spacial score (nSPS) is 23.3. The highest BCUT2D eigenvalue weighted by molar-refractivity contribution is 5.92. The van der Waals surface area contributed by atoms with E-state index in [0.717, 1.165) is 0 Å². The van der Waals surface area contributed by atoms with Gasteiger partial charge in [0.25, 0.3) is 5.91 Å². The highest BCUT2D eigenvalue weighted by Gasteiger charge is 2.46. The number of unbranched alkanes of at least 4 members (excludes halogenated alkanes) is 3. The van der Waals surface area contributed by atoms with Crippen LogP contribution in [0.4, 0.5) is 0 Å². The molecular weight excluding hydrogens is 1580 g/mol. The minimum atomic E-state index is -1.50. The number of rotatable bonds is 67. The lowest BCUT2D eigenvalue weighted by Crippen LogP contribution is -2.62. The average molecular weight is 1710 g/mol. The lowest BCUT2D eigenvalue weighted by Gasteiger charge is -2.40. The third kappa shape index (κ3) is 48.3. The molecule has 3 saturated heterocycles. The fraction of sp³-hybridized carbons (Fsp3) is 0.827. The zero-order valence-corrected chi connectivity index (χ0v) is 68.6. The summed E-state index contributed by atoms with van der Waals surface area (Å²) in [5.41, 5.74) is 16.5. The van der Waals surface area contributed by atoms with Gasteiger partial charge in [-0.05, 0) is 63.7 Å². The van der Waals surface area contributed by atoms with E-state index in [9.17, 15) is 83.4 Å². The molecule has 3 rings (SSSR count). The summed E-state index contributed by atoms with van der Waals surface area (Å²) in [5, 5.41) is 84.1. The zero-order valence-electron chi connectivity index (χ0n) is 68.6. The van der Waals surface area contributed by atoms with Gasteiger partial charge in [0.05, 0.1) is 111 Å². The highest BCUT2D eigenvalue weighted by atomic mass is 16.7. The van der Waals surface area contributed by atoms with Crippen molar-refractivity contribution in [3.8, 4) is 12.3 Å². The number of aliphatic hydroxyl groups excluding tert-OH is 6. The van der Waals surface area contributed by atoms with Crippen molar-refractivity contribution < 1.29 is 159 Å². The first-order valence-electron chi connectivity index (χ1n) is 40.3. The van der Waals surface area contributed by atoms with Crippen LogP contribution in [0.1, 0.15) is 124 Å². The minimum absolute atomic E-state index is 0.0510. The number of aliphatic hydroxyl groups is 6. The standard InChI is InChI=1S/C75H131N11O33/c1-5-55(90)85-28-36-105-38-40-107-42-41-106-39-37-104-32-21-62(97)86-75(46-108-33-18-59(94)82-25-12-22-79-56(91)15-6-9-29-111-72-63(76)69(101)66(98)52(117-72)43-114-49(2)87,47-109-34-19-60(95)83-26-13-23-80-57(92)16-7-10-30-112-73-64(77)70(102)67(99)53(118-73)44-115-50(3)88)48-110-35-20-61(96)84-27-14-24-81-58(93)17-8-11-31-113-74-65(78)71(103)68(100)54(119-74)45-116-51(4)89/h1,52-54,63-74,98-103H,6-48,76-78H2,2-4H3,(H,79,91)(H,80,92)(H,81,93)(H,82,94)(H,83,95)(H,84,96)(H,85,90)(H,86,97). The van der Waals surface area contributed by atoms with Crippen molar-refractivity contribution in [2.24, 2.45) is 17.2 Å². The molecular formula is C75H131N11O33. The summed E-state index contributed by atoms with van der Waals surface area (Å²) in [4.78, 5) is 136. The Morgan fingerprint density at radius 2 is 0.597 bits per heavy atom. The first-order valence-corrected chi connectivity index (χ1v) is 40.3. The molecule has 8 amide bonds. The molecule has 119 heavy (non-hydrogen) atoms. The molecule has 0 radical (unpaired) electrons. The molecule has 3 aliphatic rings. The molecule has 0 spiro atoms. The van der Waals surface area contributed by atoms with Crippen LogP contribution in [0.2, 0.25) is 0 Å². The van der Waals surface area contributed by atoms with Gasteiger partial charge >= 0.3 is 17.9 Å². The summed E-state index contributed by atoms with van der Waals surface area (Å²) in [5.74, 6) is -2.86. The van der Waals surface area contributed by atoms with Crippen molar-refractivity contribution in [1.82, 2.24) is 42.5 Å². The van der Waals surface area contributed by atoms with Gasteiger partial charge in [-0.2, -0.15) is 0 Å². The van der Waals surface area contributed by atoms with Crippen LogP contribution in [0.15, 0.2) is 0 Å². The van der Waals surface area contributed by atoms with Crippen LogP contribution in [0.5, 0.6) is 0 Å².